The van der Waals surface area contributed by atoms with Crippen molar-refractivity contribution < 1.29 is 4.79 Å². The standard InChI is InChI=1S/C10H9N7OS/c11-7(18)1-5-3-19-10(16-5)17-9-6(2-15-17)8(12)13-4-14-9/h2-4H,1H2,(H2,11,18)(H2,12,13,14). The minimum absolute atomic E-state index is 0.104. The Balaban J connectivity index is 2.07. The summed E-state index contributed by atoms with van der Waals surface area (Å²) in [5, 5.41) is 7.21. The molecule has 0 aliphatic rings. The van der Waals surface area contributed by atoms with Gasteiger partial charge in [0.1, 0.15) is 12.1 Å². The molecule has 0 fully saturated rings. The molecule has 0 aliphatic carbocycles. The van der Waals surface area contributed by atoms with Gasteiger partial charge in [-0.3, -0.25) is 4.79 Å². The van der Waals surface area contributed by atoms with Crippen molar-refractivity contribution in [2.75, 3.05) is 5.73 Å². The van der Waals surface area contributed by atoms with Gasteiger partial charge >= 0.3 is 0 Å². The fourth-order valence-electron chi connectivity index (χ4n) is 1.66. The number of primary amides is 1. The zero-order chi connectivity index (χ0) is 13.4. The number of rotatable bonds is 3. The molecule has 0 saturated heterocycles. The van der Waals surface area contributed by atoms with E-state index >= 15 is 0 Å². The molecule has 0 aliphatic heterocycles. The molecule has 4 N–H and O–H groups in total. The summed E-state index contributed by atoms with van der Waals surface area (Å²) in [7, 11) is 0. The quantitative estimate of drug-likeness (QED) is 0.686. The van der Waals surface area contributed by atoms with Crippen LogP contribution in [0.4, 0.5) is 5.82 Å². The van der Waals surface area contributed by atoms with E-state index in [-0.39, 0.29) is 6.42 Å². The number of nitrogens with two attached hydrogens (primary N) is 2. The van der Waals surface area contributed by atoms with Gasteiger partial charge in [-0.1, -0.05) is 0 Å². The van der Waals surface area contributed by atoms with Crippen LogP contribution in [0.3, 0.4) is 0 Å². The summed E-state index contributed by atoms with van der Waals surface area (Å²) in [6, 6.07) is 0. The van der Waals surface area contributed by atoms with Crippen molar-refractivity contribution in [2.45, 2.75) is 6.42 Å². The second-order valence-electron chi connectivity index (χ2n) is 3.82. The normalized spacial score (nSPS) is 10.9. The maximum absolute atomic E-state index is 10.8. The minimum atomic E-state index is -0.422. The number of anilines is 1. The molecule has 8 nitrogen and oxygen atoms in total. The predicted molar refractivity (Wildman–Crippen MR) is 69.6 cm³/mol. The van der Waals surface area contributed by atoms with Crippen LogP contribution in [-0.4, -0.2) is 30.6 Å². The molecule has 3 rings (SSSR count). The van der Waals surface area contributed by atoms with Gasteiger partial charge in [-0.2, -0.15) is 9.78 Å². The first kappa shape index (κ1) is 11.5. The Bertz CT molecular complexity index is 762. The third-order valence-corrected chi connectivity index (χ3v) is 3.34. The van der Waals surface area contributed by atoms with Crippen molar-refractivity contribution >= 4 is 34.1 Å². The Kier molecular flexibility index (Phi) is 2.60. The number of nitrogen functional groups attached to an aromatic ring is 1. The zero-order valence-electron chi connectivity index (χ0n) is 9.65. The van der Waals surface area contributed by atoms with Crippen LogP contribution < -0.4 is 11.5 Å². The van der Waals surface area contributed by atoms with Crippen molar-refractivity contribution in [1.29, 1.82) is 0 Å². The smallest absolute Gasteiger partial charge is 0.223 e. The minimum Gasteiger partial charge on any atom is -0.383 e. The second kappa shape index (κ2) is 4.28. The van der Waals surface area contributed by atoms with E-state index in [2.05, 4.69) is 20.1 Å². The third-order valence-electron chi connectivity index (χ3n) is 2.47. The number of carbonyl (C=O) groups is 1. The van der Waals surface area contributed by atoms with Crippen molar-refractivity contribution in [1.82, 2.24) is 24.7 Å². The summed E-state index contributed by atoms with van der Waals surface area (Å²) in [5.41, 5.74) is 12.1. The summed E-state index contributed by atoms with van der Waals surface area (Å²) in [6.07, 6.45) is 3.06. The molecule has 3 aromatic rings. The molecule has 0 saturated carbocycles. The molecule has 3 heterocycles. The SMILES string of the molecule is NC(=O)Cc1csc(-n2ncc3c(N)ncnc32)n1. The molecule has 3 aromatic heterocycles. The van der Waals surface area contributed by atoms with Gasteiger partial charge < -0.3 is 11.5 Å². The first-order valence-electron chi connectivity index (χ1n) is 5.32. The molecule has 0 radical (unpaired) electrons. The Labute approximate surface area is 111 Å². The second-order valence-corrected chi connectivity index (χ2v) is 4.65. The number of hydrogen-bond donors (Lipinski definition) is 2. The van der Waals surface area contributed by atoms with E-state index in [0.29, 0.717) is 27.7 Å². The van der Waals surface area contributed by atoms with Gasteiger partial charge in [0, 0.05) is 5.38 Å². The lowest BCUT2D eigenvalue weighted by atomic mass is 10.3. The zero-order valence-corrected chi connectivity index (χ0v) is 10.5. The highest BCUT2D eigenvalue weighted by molar-refractivity contribution is 7.12. The molecular weight excluding hydrogens is 266 g/mol. The van der Waals surface area contributed by atoms with Gasteiger partial charge in [0.25, 0.3) is 0 Å². The number of hydrogen-bond acceptors (Lipinski definition) is 7. The van der Waals surface area contributed by atoms with Crippen LogP contribution in [0, 0.1) is 0 Å². The van der Waals surface area contributed by atoms with Gasteiger partial charge in [-0.25, -0.2) is 15.0 Å². The lowest BCUT2D eigenvalue weighted by Crippen LogP contribution is -2.13. The van der Waals surface area contributed by atoms with Crippen molar-refractivity contribution in [3.05, 3.63) is 23.6 Å². The van der Waals surface area contributed by atoms with Gasteiger partial charge in [-0.15, -0.1) is 11.3 Å². The van der Waals surface area contributed by atoms with E-state index in [1.165, 1.54) is 17.7 Å². The highest BCUT2D eigenvalue weighted by Crippen LogP contribution is 2.21. The largest absolute Gasteiger partial charge is 0.383 e. The number of fused-ring (bicyclic) bond motifs is 1. The molecule has 0 atom stereocenters. The summed E-state index contributed by atoms with van der Waals surface area (Å²) in [5.74, 6) is -0.0566. The molecule has 96 valence electrons. The van der Waals surface area contributed by atoms with Crippen LogP contribution >= 0.6 is 11.3 Å². The summed E-state index contributed by atoms with van der Waals surface area (Å²) in [4.78, 5) is 23.2. The van der Waals surface area contributed by atoms with Crippen molar-refractivity contribution in [2.24, 2.45) is 5.73 Å². The third kappa shape index (κ3) is 1.99. The average Bonchev–Trinajstić information content (AvgIpc) is 2.95. The summed E-state index contributed by atoms with van der Waals surface area (Å²) in [6.45, 7) is 0. The molecule has 0 unspecified atom stereocenters. The lowest BCUT2D eigenvalue weighted by Gasteiger charge is -1.97. The maximum Gasteiger partial charge on any atom is 0.223 e. The van der Waals surface area contributed by atoms with Crippen LogP contribution in [0.2, 0.25) is 0 Å². The van der Waals surface area contributed by atoms with Crippen LogP contribution in [0.25, 0.3) is 16.2 Å². The van der Waals surface area contributed by atoms with Gasteiger partial charge in [-0.05, 0) is 0 Å². The van der Waals surface area contributed by atoms with Gasteiger partial charge in [0.15, 0.2) is 5.65 Å². The van der Waals surface area contributed by atoms with E-state index in [1.807, 2.05) is 0 Å². The first-order valence-corrected chi connectivity index (χ1v) is 6.20. The van der Waals surface area contributed by atoms with Crippen molar-refractivity contribution in [3.8, 4) is 5.13 Å². The number of aromatic nitrogens is 5. The summed E-state index contributed by atoms with van der Waals surface area (Å²) >= 11 is 1.35. The van der Waals surface area contributed by atoms with Gasteiger partial charge in [0.2, 0.25) is 11.0 Å². The van der Waals surface area contributed by atoms with Crippen LogP contribution in [0.5, 0.6) is 0 Å². The average molecular weight is 275 g/mol. The number of carbonyl (C=O) groups excluding carboxylic acids is 1. The highest BCUT2D eigenvalue weighted by Gasteiger charge is 2.12. The van der Waals surface area contributed by atoms with Gasteiger partial charge in [0.05, 0.1) is 23.7 Å². The van der Waals surface area contributed by atoms with Crippen LogP contribution in [-0.2, 0) is 11.2 Å². The van der Waals surface area contributed by atoms with Crippen LogP contribution in [0.15, 0.2) is 17.9 Å². The highest BCUT2D eigenvalue weighted by atomic mass is 32.1. The van der Waals surface area contributed by atoms with E-state index in [0.717, 1.165) is 0 Å². The van der Waals surface area contributed by atoms with E-state index in [4.69, 9.17) is 11.5 Å². The Hall–Kier alpha value is -2.55. The molecule has 1 amide bonds. The Morgan fingerprint density at radius 2 is 2.26 bits per heavy atom. The van der Waals surface area contributed by atoms with E-state index in [1.54, 1.807) is 16.3 Å². The molecule has 0 spiro atoms. The Morgan fingerprint density at radius 1 is 1.42 bits per heavy atom. The fraction of sp³-hybridized carbons (Fsp3) is 0.100. The molecular formula is C10H9N7OS. The molecule has 0 aromatic carbocycles. The predicted octanol–water partition coefficient (Wildman–Crippen LogP) is -0.118. The number of amides is 1. The number of thiazole rings is 1. The lowest BCUT2D eigenvalue weighted by molar-refractivity contribution is -0.117. The fourth-order valence-corrected chi connectivity index (χ4v) is 2.44. The first-order chi connectivity index (χ1) is 9.15. The van der Waals surface area contributed by atoms with E-state index < -0.39 is 5.91 Å². The monoisotopic (exact) mass is 275 g/mol. The maximum atomic E-state index is 10.8. The van der Waals surface area contributed by atoms with Crippen LogP contribution in [0.1, 0.15) is 5.69 Å². The molecule has 0 bridgehead atoms. The number of nitrogens with zero attached hydrogens (tertiary/aromatic N) is 5. The molecule has 19 heavy (non-hydrogen) atoms. The summed E-state index contributed by atoms with van der Waals surface area (Å²) < 4.78 is 1.56. The topological polar surface area (TPSA) is 126 Å². The Morgan fingerprint density at radius 3 is 3.05 bits per heavy atom. The van der Waals surface area contributed by atoms with Crippen molar-refractivity contribution in [3.63, 3.8) is 0 Å². The van der Waals surface area contributed by atoms with E-state index in [9.17, 15) is 4.79 Å². The molecule has 9 heteroatoms.